The molecule has 4 heteroatoms. The summed E-state index contributed by atoms with van der Waals surface area (Å²) in [4.78, 5) is 0. The van der Waals surface area contributed by atoms with E-state index in [1.807, 2.05) is 13.8 Å². The van der Waals surface area contributed by atoms with E-state index in [1.54, 1.807) is 0 Å². The van der Waals surface area contributed by atoms with Gasteiger partial charge < -0.3 is 5.32 Å². The second kappa shape index (κ2) is 6.60. The van der Waals surface area contributed by atoms with Gasteiger partial charge in [-0.2, -0.15) is 0 Å². The summed E-state index contributed by atoms with van der Waals surface area (Å²) < 4.78 is 23.1. The van der Waals surface area contributed by atoms with E-state index >= 15 is 0 Å². The predicted molar refractivity (Wildman–Crippen MR) is 70.5 cm³/mol. The topological polar surface area (TPSA) is 46.2 Å². The molecular weight excluding hydrogens is 222 g/mol. The standard InChI is InChI=1S/C12H27NO2S/c1-6-11(4)9-13-10-12(7-2,8-3)16(5,14)15/h11,13H,6-10H2,1-5H3. The van der Waals surface area contributed by atoms with Gasteiger partial charge in [-0.15, -0.1) is 0 Å². The van der Waals surface area contributed by atoms with Crippen LogP contribution in [0, 0.1) is 5.92 Å². The van der Waals surface area contributed by atoms with Gasteiger partial charge >= 0.3 is 0 Å². The first-order chi connectivity index (χ1) is 7.33. The molecule has 0 aromatic carbocycles. The molecule has 1 atom stereocenters. The van der Waals surface area contributed by atoms with Gasteiger partial charge in [0.1, 0.15) is 0 Å². The van der Waals surface area contributed by atoms with Crippen molar-refractivity contribution < 1.29 is 8.42 Å². The summed E-state index contributed by atoms with van der Waals surface area (Å²) in [5.74, 6) is 0.603. The van der Waals surface area contributed by atoms with E-state index in [1.165, 1.54) is 6.26 Å². The maximum atomic E-state index is 11.8. The highest BCUT2D eigenvalue weighted by atomic mass is 32.2. The van der Waals surface area contributed by atoms with E-state index in [9.17, 15) is 8.42 Å². The molecule has 3 nitrogen and oxygen atoms in total. The maximum absolute atomic E-state index is 11.8. The van der Waals surface area contributed by atoms with E-state index in [2.05, 4.69) is 19.2 Å². The van der Waals surface area contributed by atoms with Gasteiger partial charge in [-0.3, -0.25) is 0 Å². The molecule has 0 fully saturated rings. The Labute approximate surface area is 101 Å². The van der Waals surface area contributed by atoms with Crippen LogP contribution >= 0.6 is 0 Å². The Hall–Kier alpha value is -0.0900. The van der Waals surface area contributed by atoms with Gasteiger partial charge in [0.2, 0.25) is 0 Å². The van der Waals surface area contributed by atoms with Crippen LogP contribution in [0.2, 0.25) is 0 Å². The summed E-state index contributed by atoms with van der Waals surface area (Å²) in [6.07, 6.45) is 3.83. The second-order valence-electron chi connectivity index (χ2n) is 4.81. The summed E-state index contributed by atoms with van der Waals surface area (Å²) in [7, 11) is -2.99. The molecule has 0 bridgehead atoms. The third kappa shape index (κ3) is 4.06. The lowest BCUT2D eigenvalue weighted by atomic mass is 10.0. The Morgan fingerprint density at radius 2 is 1.69 bits per heavy atom. The van der Waals surface area contributed by atoms with E-state index in [-0.39, 0.29) is 0 Å². The van der Waals surface area contributed by atoms with Crippen molar-refractivity contribution in [2.75, 3.05) is 19.3 Å². The highest BCUT2D eigenvalue weighted by molar-refractivity contribution is 7.92. The van der Waals surface area contributed by atoms with Crippen molar-refractivity contribution in [3.05, 3.63) is 0 Å². The van der Waals surface area contributed by atoms with Crippen molar-refractivity contribution >= 4 is 9.84 Å². The lowest BCUT2D eigenvalue weighted by Gasteiger charge is -2.30. The Kier molecular flexibility index (Phi) is 6.56. The Morgan fingerprint density at radius 1 is 1.19 bits per heavy atom. The van der Waals surface area contributed by atoms with Gasteiger partial charge in [0.25, 0.3) is 0 Å². The summed E-state index contributed by atoms with van der Waals surface area (Å²) in [5.41, 5.74) is 0. The van der Waals surface area contributed by atoms with Crippen LogP contribution in [0.4, 0.5) is 0 Å². The molecular formula is C12H27NO2S. The first-order valence-corrected chi connectivity index (χ1v) is 8.12. The minimum Gasteiger partial charge on any atom is -0.315 e. The molecule has 0 aromatic heterocycles. The Morgan fingerprint density at radius 3 is 2.00 bits per heavy atom. The molecule has 16 heavy (non-hydrogen) atoms. The van der Waals surface area contributed by atoms with Gasteiger partial charge in [0.15, 0.2) is 9.84 Å². The molecule has 0 amide bonds. The highest BCUT2D eigenvalue weighted by Gasteiger charge is 2.36. The van der Waals surface area contributed by atoms with E-state index in [0.29, 0.717) is 25.3 Å². The fraction of sp³-hybridized carbons (Fsp3) is 1.00. The minimum absolute atomic E-state index is 0.573. The normalized spacial score (nSPS) is 15.1. The van der Waals surface area contributed by atoms with Crippen LogP contribution in [0.1, 0.15) is 47.0 Å². The fourth-order valence-corrected chi connectivity index (χ4v) is 3.26. The number of sulfone groups is 1. The first-order valence-electron chi connectivity index (χ1n) is 6.23. The number of rotatable bonds is 8. The molecule has 98 valence electrons. The van der Waals surface area contributed by atoms with Gasteiger partial charge in [-0.05, 0) is 25.3 Å². The molecule has 0 aliphatic carbocycles. The Balaban J connectivity index is 4.47. The number of hydrogen-bond donors (Lipinski definition) is 1. The molecule has 0 spiro atoms. The zero-order chi connectivity index (χ0) is 12.8. The van der Waals surface area contributed by atoms with Crippen LogP contribution in [0.5, 0.6) is 0 Å². The SMILES string of the molecule is CCC(C)CNCC(CC)(CC)S(C)(=O)=O. The van der Waals surface area contributed by atoms with Crippen molar-refractivity contribution in [2.45, 2.75) is 51.7 Å². The monoisotopic (exact) mass is 249 g/mol. The van der Waals surface area contributed by atoms with Crippen molar-refractivity contribution in [1.82, 2.24) is 5.32 Å². The van der Waals surface area contributed by atoms with Crippen molar-refractivity contribution in [1.29, 1.82) is 0 Å². The van der Waals surface area contributed by atoms with Crippen molar-refractivity contribution in [2.24, 2.45) is 5.92 Å². The third-order valence-corrected chi connectivity index (χ3v) is 6.01. The molecule has 0 saturated heterocycles. The molecule has 0 aliphatic rings. The summed E-state index contributed by atoms with van der Waals surface area (Å²) in [6.45, 7) is 9.70. The van der Waals surface area contributed by atoms with E-state index in [0.717, 1.165) is 13.0 Å². The molecule has 0 rings (SSSR count). The van der Waals surface area contributed by atoms with Crippen LogP contribution in [-0.2, 0) is 9.84 Å². The van der Waals surface area contributed by atoms with Crippen LogP contribution in [0.15, 0.2) is 0 Å². The second-order valence-corrected chi connectivity index (χ2v) is 7.22. The van der Waals surface area contributed by atoms with Crippen LogP contribution in [-0.4, -0.2) is 32.5 Å². The fourth-order valence-electron chi connectivity index (χ4n) is 1.85. The van der Waals surface area contributed by atoms with Crippen LogP contribution in [0.25, 0.3) is 0 Å². The molecule has 0 heterocycles. The summed E-state index contributed by atoms with van der Waals surface area (Å²) in [6, 6.07) is 0. The van der Waals surface area contributed by atoms with Gasteiger partial charge in [-0.1, -0.05) is 34.1 Å². The summed E-state index contributed by atoms with van der Waals surface area (Å²) in [5, 5.41) is 3.31. The quantitative estimate of drug-likeness (QED) is 0.717. The summed E-state index contributed by atoms with van der Waals surface area (Å²) >= 11 is 0. The average molecular weight is 249 g/mol. The molecule has 0 aromatic rings. The van der Waals surface area contributed by atoms with Crippen molar-refractivity contribution in [3.8, 4) is 0 Å². The largest absolute Gasteiger partial charge is 0.315 e. The van der Waals surface area contributed by atoms with Gasteiger partial charge in [-0.25, -0.2) is 8.42 Å². The van der Waals surface area contributed by atoms with E-state index < -0.39 is 14.6 Å². The van der Waals surface area contributed by atoms with Crippen molar-refractivity contribution in [3.63, 3.8) is 0 Å². The molecule has 1 unspecified atom stereocenters. The zero-order valence-electron chi connectivity index (χ0n) is 11.3. The van der Waals surface area contributed by atoms with Gasteiger partial charge in [0.05, 0.1) is 4.75 Å². The molecule has 1 N–H and O–H groups in total. The van der Waals surface area contributed by atoms with Crippen LogP contribution < -0.4 is 5.32 Å². The smallest absolute Gasteiger partial charge is 0.154 e. The maximum Gasteiger partial charge on any atom is 0.154 e. The molecule has 0 aliphatic heterocycles. The zero-order valence-corrected chi connectivity index (χ0v) is 12.2. The number of hydrogen-bond acceptors (Lipinski definition) is 3. The lowest BCUT2D eigenvalue weighted by molar-refractivity contribution is 0.423. The third-order valence-electron chi connectivity index (χ3n) is 3.71. The highest BCUT2D eigenvalue weighted by Crippen LogP contribution is 2.24. The Bertz CT molecular complexity index is 281. The van der Waals surface area contributed by atoms with Gasteiger partial charge in [0, 0.05) is 12.8 Å². The lowest BCUT2D eigenvalue weighted by Crippen LogP contribution is -2.46. The average Bonchev–Trinajstić information content (AvgIpc) is 2.22. The minimum atomic E-state index is -2.99. The predicted octanol–water partition coefficient (Wildman–Crippen LogP) is 2.23. The molecule has 0 radical (unpaired) electrons. The first kappa shape index (κ1) is 15.9. The number of nitrogens with one attached hydrogen (secondary N) is 1. The van der Waals surface area contributed by atoms with E-state index in [4.69, 9.17) is 0 Å². The van der Waals surface area contributed by atoms with Crippen LogP contribution in [0.3, 0.4) is 0 Å². The molecule has 0 saturated carbocycles.